The Balaban J connectivity index is 1.78. The molecule has 1 amide bonds. The normalized spacial score (nSPS) is 14.7. The summed E-state index contributed by atoms with van der Waals surface area (Å²) < 4.78 is 0. The molecule has 0 heterocycles. The predicted molar refractivity (Wildman–Crippen MR) is 127 cm³/mol. The SMILES string of the molecule is NCCCNCCCCCCCCCC(=O)CCCCCNC(=O)C1CCCCC1. The number of nitrogens with two attached hydrogens (primary N) is 1. The van der Waals surface area contributed by atoms with Crippen molar-refractivity contribution in [2.24, 2.45) is 11.7 Å². The molecule has 1 aliphatic rings. The Kier molecular flexibility index (Phi) is 18.1. The molecule has 1 aliphatic carbocycles. The number of hydrogen-bond acceptors (Lipinski definition) is 4. The molecule has 4 N–H and O–H groups in total. The highest BCUT2D eigenvalue weighted by Crippen LogP contribution is 2.23. The molecule has 1 fully saturated rings. The standard InChI is InChI=1S/C25H49N3O2/c26-19-14-21-27-20-12-5-3-1-2-4-10-17-24(29)18-11-7-13-22-28-25(30)23-15-8-6-9-16-23/h23,27H,1-22,26H2,(H,28,30). The van der Waals surface area contributed by atoms with Crippen LogP contribution in [-0.4, -0.2) is 37.9 Å². The Bertz CT molecular complexity index is 423. The fourth-order valence-electron chi connectivity index (χ4n) is 4.28. The lowest BCUT2D eigenvalue weighted by molar-refractivity contribution is -0.126. The Morgan fingerprint density at radius 1 is 0.667 bits per heavy atom. The van der Waals surface area contributed by atoms with Crippen LogP contribution in [0.2, 0.25) is 0 Å². The van der Waals surface area contributed by atoms with Crippen molar-refractivity contribution < 1.29 is 9.59 Å². The summed E-state index contributed by atoms with van der Waals surface area (Å²) >= 11 is 0. The van der Waals surface area contributed by atoms with Gasteiger partial charge in [-0.05, 0) is 64.6 Å². The third kappa shape index (κ3) is 15.8. The molecule has 0 aromatic carbocycles. The van der Waals surface area contributed by atoms with Crippen LogP contribution in [0.4, 0.5) is 0 Å². The largest absolute Gasteiger partial charge is 0.356 e. The maximum atomic E-state index is 12.1. The molecule has 30 heavy (non-hydrogen) atoms. The van der Waals surface area contributed by atoms with Crippen molar-refractivity contribution in [3.05, 3.63) is 0 Å². The van der Waals surface area contributed by atoms with Gasteiger partial charge in [0.2, 0.25) is 5.91 Å². The van der Waals surface area contributed by atoms with Crippen LogP contribution >= 0.6 is 0 Å². The average Bonchev–Trinajstić information content (AvgIpc) is 2.77. The highest BCUT2D eigenvalue weighted by molar-refractivity contribution is 5.78. The first-order valence-electron chi connectivity index (χ1n) is 12.9. The van der Waals surface area contributed by atoms with E-state index in [0.29, 0.717) is 12.2 Å². The van der Waals surface area contributed by atoms with Gasteiger partial charge >= 0.3 is 0 Å². The molecule has 0 saturated heterocycles. The molecule has 0 aliphatic heterocycles. The van der Waals surface area contributed by atoms with Crippen LogP contribution in [0.5, 0.6) is 0 Å². The minimum Gasteiger partial charge on any atom is -0.356 e. The highest BCUT2D eigenvalue weighted by atomic mass is 16.1. The van der Waals surface area contributed by atoms with Gasteiger partial charge < -0.3 is 16.4 Å². The fourth-order valence-corrected chi connectivity index (χ4v) is 4.28. The van der Waals surface area contributed by atoms with Gasteiger partial charge in [-0.2, -0.15) is 0 Å². The van der Waals surface area contributed by atoms with E-state index in [2.05, 4.69) is 10.6 Å². The summed E-state index contributed by atoms with van der Waals surface area (Å²) in [5, 5.41) is 6.51. The third-order valence-corrected chi connectivity index (χ3v) is 6.27. The van der Waals surface area contributed by atoms with Gasteiger partial charge in [-0.1, -0.05) is 57.8 Å². The van der Waals surface area contributed by atoms with Crippen LogP contribution in [0.1, 0.15) is 116 Å². The van der Waals surface area contributed by atoms with E-state index in [4.69, 9.17) is 5.73 Å². The number of carbonyl (C=O) groups excluding carboxylic acids is 2. The van der Waals surface area contributed by atoms with E-state index in [0.717, 1.165) is 77.5 Å². The summed E-state index contributed by atoms with van der Waals surface area (Å²) in [7, 11) is 0. The van der Waals surface area contributed by atoms with Gasteiger partial charge in [0.05, 0.1) is 0 Å². The van der Waals surface area contributed by atoms with Crippen molar-refractivity contribution in [1.82, 2.24) is 10.6 Å². The van der Waals surface area contributed by atoms with Crippen molar-refractivity contribution in [3.8, 4) is 0 Å². The molecule has 0 radical (unpaired) electrons. The van der Waals surface area contributed by atoms with E-state index in [1.165, 1.54) is 57.8 Å². The van der Waals surface area contributed by atoms with E-state index in [1.807, 2.05) is 0 Å². The summed E-state index contributed by atoms with van der Waals surface area (Å²) in [5.41, 5.74) is 5.47. The number of nitrogens with one attached hydrogen (secondary N) is 2. The minimum absolute atomic E-state index is 0.254. The van der Waals surface area contributed by atoms with E-state index < -0.39 is 0 Å². The summed E-state index contributed by atoms with van der Waals surface area (Å²) in [6.45, 7) is 3.70. The van der Waals surface area contributed by atoms with Crippen molar-refractivity contribution in [2.75, 3.05) is 26.2 Å². The molecule has 0 atom stereocenters. The Morgan fingerprint density at radius 3 is 1.87 bits per heavy atom. The molecule has 1 saturated carbocycles. The van der Waals surface area contributed by atoms with Gasteiger partial charge in [0, 0.05) is 25.3 Å². The lowest BCUT2D eigenvalue weighted by atomic mass is 9.88. The number of ketones is 1. The van der Waals surface area contributed by atoms with Gasteiger partial charge in [-0.25, -0.2) is 0 Å². The second-order valence-corrected chi connectivity index (χ2v) is 9.09. The van der Waals surface area contributed by atoms with Crippen molar-refractivity contribution in [3.63, 3.8) is 0 Å². The second-order valence-electron chi connectivity index (χ2n) is 9.09. The first-order chi connectivity index (χ1) is 14.7. The quantitative estimate of drug-likeness (QED) is 0.244. The van der Waals surface area contributed by atoms with Crippen LogP contribution in [0.25, 0.3) is 0 Å². The molecule has 1 rings (SSSR count). The smallest absolute Gasteiger partial charge is 0.223 e. The first kappa shape index (κ1) is 27.1. The maximum Gasteiger partial charge on any atom is 0.223 e. The summed E-state index contributed by atoms with van der Waals surface area (Å²) in [6.07, 6.45) is 20.0. The topological polar surface area (TPSA) is 84.2 Å². The zero-order chi connectivity index (χ0) is 21.7. The summed E-state index contributed by atoms with van der Waals surface area (Å²) in [5.74, 6) is 0.929. The zero-order valence-electron chi connectivity index (χ0n) is 19.5. The summed E-state index contributed by atoms with van der Waals surface area (Å²) in [4.78, 5) is 24.0. The average molecular weight is 424 g/mol. The number of unbranched alkanes of at least 4 members (excludes halogenated alkanes) is 8. The van der Waals surface area contributed by atoms with Crippen LogP contribution in [-0.2, 0) is 9.59 Å². The van der Waals surface area contributed by atoms with E-state index >= 15 is 0 Å². The third-order valence-electron chi connectivity index (χ3n) is 6.27. The lowest BCUT2D eigenvalue weighted by Crippen LogP contribution is -2.32. The predicted octanol–water partition coefficient (Wildman–Crippen LogP) is 4.87. The van der Waals surface area contributed by atoms with E-state index in [9.17, 15) is 9.59 Å². The molecule has 0 aromatic rings. The molecular formula is C25H49N3O2. The molecule has 0 spiro atoms. The van der Waals surface area contributed by atoms with E-state index in [-0.39, 0.29) is 11.8 Å². The molecule has 0 unspecified atom stereocenters. The molecule has 5 nitrogen and oxygen atoms in total. The van der Waals surface area contributed by atoms with Crippen LogP contribution in [0, 0.1) is 5.92 Å². The molecule has 0 aromatic heterocycles. The number of hydrogen-bond donors (Lipinski definition) is 3. The van der Waals surface area contributed by atoms with Crippen molar-refractivity contribution in [2.45, 2.75) is 116 Å². The molecular weight excluding hydrogens is 374 g/mol. The lowest BCUT2D eigenvalue weighted by Gasteiger charge is -2.20. The van der Waals surface area contributed by atoms with Gasteiger partial charge in [0.15, 0.2) is 0 Å². The number of carbonyl (C=O) groups is 2. The molecule has 5 heteroatoms. The summed E-state index contributed by atoms with van der Waals surface area (Å²) in [6, 6.07) is 0. The molecule has 176 valence electrons. The fraction of sp³-hybridized carbons (Fsp3) is 0.920. The number of amides is 1. The van der Waals surface area contributed by atoms with Gasteiger partial charge in [0.25, 0.3) is 0 Å². The van der Waals surface area contributed by atoms with Crippen LogP contribution in [0.15, 0.2) is 0 Å². The number of Topliss-reactive ketones (excluding diaryl/α,β-unsaturated/α-hetero) is 1. The van der Waals surface area contributed by atoms with Gasteiger partial charge in [0.1, 0.15) is 5.78 Å². The van der Waals surface area contributed by atoms with E-state index in [1.54, 1.807) is 0 Å². The van der Waals surface area contributed by atoms with Crippen molar-refractivity contribution >= 4 is 11.7 Å². The van der Waals surface area contributed by atoms with Crippen LogP contribution in [0.3, 0.4) is 0 Å². The minimum atomic E-state index is 0.254. The Hall–Kier alpha value is -0.940. The Labute approximate surface area is 185 Å². The van der Waals surface area contributed by atoms with Crippen LogP contribution < -0.4 is 16.4 Å². The molecule has 0 bridgehead atoms. The van der Waals surface area contributed by atoms with Crippen molar-refractivity contribution in [1.29, 1.82) is 0 Å². The van der Waals surface area contributed by atoms with Gasteiger partial charge in [-0.15, -0.1) is 0 Å². The zero-order valence-corrected chi connectivity index (χ0v) is 19.5. The highest BCUT2D eigenvalue weighted by Gasteiger charge is 2.20. The van der Waals surface area contributed by atoms with Gasteiger partial charge in [-0.3, -0.25) is 9.59 Å². The first-order valence-corrected chi connectivity index (χ1v) is 12.9. The number of rotatable bonds is 20. The Morgan fingerprint density at radius 2 is 1.20 bits per heavy atom. The second kappa shape index (κ2) is 20.0. The monoisotopic (exact) mass is 423 g/mol. The maximum absolute atomic E-state index is 12.1.